The minimum absolute atomic E-state index is 0.180. The van der Waals surface area contributed by atoms with Crippen LogP contribution in [0.4, 0.5) is 0 Å². The Labute approximate surface area is 135 Å². The van der Waals surface area contributed by atoms with E-state index in [1.807, 2.05) is 11.0 Å². The third-order valence-electron chi connectivity index (χ3n) is 5.28. The number of amides is 1. The van der Waals surface area contributed by atoms with Crippen LogP contribution in [0.2, 0.25) is 0 Å². The predicted octanol–water partition coefficient (Wildman–Crippen LogP) is 1.92. The average Bonchev–Trinajstić information content (AvgIpc) is 3.16. The Morgan fingerprint density at radius 3 is 2.61 bits per heavy atom. The fourth-order valence-corrected chi connectivity index (χ4v) is 4.00. The number of hydrogen-bond acceptors (Lipinski definition) is 4. The van der Waals surface area contributed by atoms with E-state index in [0.29, 0.717) is 6.54 Å². The first-order valence-electron chi connectivity index (χ1n) is 8.39. The summed E-state index contributed by atoms with van der Waals surface area (Å²) in [5.41, 5.74) is 2.03. The van der Waals surface area contributed by atoms with Gasteiger partial charge in [0.05, 0.1) is 0 Å². The molecule has 2 heterocycles. The molecule has 0 spiro atoms. The maximum absolute atomic E-state index is 13.4. The largest absolute Gasteiger partial charge is 0.336 e. The molecular formula is C17H21N5O. The number of aromatic nitrogens is 4. The predicted molar refractivity (Wildman–Crippen MR) is 84.4 cm³/mol. The fraction of sp³-hybridized carbons (Fsp3) is 0.529. The highest BCUT2D eigenvalue weighted by atomic mass is 16.2. The van der Waals surface area contributed by atoms with E-state index >= 15 is 0 Å². The second-order valence-electron chi connectivity index (χ2n) is 6.59. The van der Waals surface area contributed by atoms with E-state index in [-0.39, 0.29) is 5.91 Å². The number of nitrogens with zero attached hydrogens (tertiary/aromatic N) is 5. The van der Waals surface area contributed by atoms with Gasteiger partial charge in [0.1, 0.15) is 11.9 Å². The summed E-state index contributed by atoms with van der Waals surface area (Å²) >= 11 is 0. The zero-order chi connectivity index (χ0) is 15.7. The summed E-state index contributed by atoms with van der Waals surface area (Å²) in [5.74, 6) is 0.180. The van der Waals surface area contributed by atoms with Crippen molar-refractivity contribution in [3.63, 3.8) is 0 Å². The lowest BCUT2D eigenvalue weighted by Crippen LogP contribution is -2.53. The van der Waals surface area contributed by atoms with Gasteiger partial charge in [-0.15, -0.1) is 5.10 Å². The van der Waals surface area contributed by atoms with Gasteiger partial charge in [0.25, 0.3) is 5.91 Å². The van der Waals surface area contributed by atoms with E-state index in [9.17, 15) is 4.79 Å². The van der Waals surface area contributed by atoms with Crippen LogP contribution < -0.4 is 0 Å². The number of benzene rings is 1. The van der Waals surface area contributed by atoms with E-state index in [1.165, 1.54) is 17.5 Å². The van der Waals surface area contributed by atoms with Crippen molar-refractivity contribution in [2.75, 3.05) is 6.54 Å². The Kier molecular flexibility index (Phi) is 3.59. The molecule has 0 bridgehead atoms. The molecule has 0 radical (unpaired) electrons. The van der Waals surface area contributed by atoms with E-state index < -0.39 is 5.54 Å². The number of fused-ring (bicyclic) bond motifs is 1. The average molecular weight is 311 g/mol. The molecule has 6 heteroatoms. The Morgan fingerprint density at radius 2 is 1.87 bits per heavy atom. The third-order valence-corrected chi connectivity index (χ3v) is 5.28. The minimum atomic E-state index is -0.589. The molecule has 4 rings (SSSR count). The molecule has 1 aromatic heterocycles. The molecule has 2 aromatic rings. The Hall–Kier alpha value is -2.24. The lowest BCUT2D eigenvalue weighted by molar-refractivity contribution is -0.144. The molecule has 1 aliphatic carbocycles. The number of rotatable bonds is 2. The van der Waals surface area contributed by atoms with Crippen molar-refractivity contribution in [1.29, 1.82) is 0 Å². The van der Waals surface area contributed by atoms with Crippen LogP contribution in [0, 0.1) is 0 Å². The standard InChI is InChI=1S/C17H21N5O/c23-16(21-11-8-14-6-2-3-7-15(14)12-21)17(9-4-1-5-10-17)22-13-18-19-20-22/h2-3,6-7,13H,1,4-5,8-12H2. The molecular weight excluding hydrogens is 290 g/mol. The van der Waals surface area contributed by atoms with Crippen molar-refractivity contribution in [3.8, 4) is 0 Å². The van der Waals surface area contributed by atoms with Crippen LogP contribution in [0.1, 0.15) is 43.2 Å². The van der Waals surface area contributed by atoms with Crippen LogP contribution in [0.15, 0.2) is 30.6 Å². The molecule has 6 nitrogen and oxygen atoms in total. The molecule has 1 aromatic carbocycles. The fourth-order valence-electron chi connectivity index (χ4n) is 4.00. The SMILES string of the molecule is O=C(N1CCc2ccccc2C1)C1(n2cnnn2)CCCCC1. The summed E-state index contributed by atoms with van der Waals surface area (Å²) in [6, 6.07) is 8.40. The molecule has 23 heavy (non-hydrogen) atoms. The maximum Gasteiger partial charge on any atom is 0.251 e. The summed E-state index contributed by atoms with van der Waals surface area (Å²) in [6.07, 6.45) is 7.46. The van der Waals surface area contributed by atoms with Gasteiger partial charge in [-0.3, -0.25) is 4.79 Å². The molecule has 1 aliphatic heterocycles. The molecule has 0 unspecified atom stereocenters. The molecule has 0 atom stereocenters. The zero-order valence-corrected chi connectivity index (χ0v) is 13.2. The van der Waals surface area contributed by atoms with Gasteiger partial charge in [0.15, 0.2) is 0 Å². The van der Waals surface area contributed by atoms with Crippen LogP contribution >= 0.6 is 0 Å². The van der Waals surface area contributed by atoms with Gasteiger partial charge in [-0.2, -0.15) is 0 Å². The van der Waals surface area contributed by atoms with Gasteiger partial charge < -0.3 is 4.90 Å². The molecule has 0 saturated heterocycles. The van der Waals surface area contributed by atoms with Gasteiger partial charge in [-0.05, 0) is 40.8 Å². The van der Waals surface area contributed by atoms with Crippen LogP contribution in [0.5, 0.6) is 0 Å². The highest BCUT2D eigenvalue weighted by molar-refractivity contribution is 5.84. The van der Waals surface area contributed by atoms with Crippen molar-refractivity contribution in [2.24, 2.45) is 0 Å². The van der Waals surface area contributed by atoms with Crippen molar-refractivity contribution in [2.45, 2.75) is 50.6 Å². The summed E-state index contributed by atoms with van der Waals surface area (Å²) in [4.78, 5) is 15.4. The molecule has 1 fully saturated rings. The number of hydrogen-bond donors (Lipinski definition) is 0. The quantitative estimate of drug-likeness (QED) is 0.850. The zero-order valence-electron chi connectivity index (χ0n) is 13.2. The minimum Gasteiger partial charge on any atom is -0.336 e. The van der Waals surface area contributed by atoms with E-state index in [0.717, 1.165) is 38.6 Å². The van der Waals surface area contributed by atoms with Crippen LogP contribution in [0.3, 0.4) is 0 Å². The van der Waals surface area contributed by atoms with E-state index in [1.54, 1.807) is 11.0 Å². The Morgan fingerprint density at radius 1 is 1.09 bits per heavy atom. The van der Waals surface area contributed by atoms with Crippen LogP contribution in [-0.2, 0) is 23.3 Å². The normalized spacial score (nSPS) is 20.1. The number of carbonyl (C=O) groups is 1. The molecule has 0 N–H and O–H groups in total. The summed E-state index contributed by atoms with van der Waals surface area (Å²) in [5, 5.41) is 11.6. The van der Waals surface area contributed by atoms with Crippen LogP contribution in [0.25, 0.3) is 0 Å². The van der Waals surface area contributed by atoms with Gasteiger partial charge in [0, 0.05) is 13.1 Å². The Balaban J connectivity index is 1.64. The summed E-state index contributed by atoms with van der Waals surface area (Å²) in [6.45, 7) is 1.47. The second kappa shape index (κ2) is 5.76. The molecule has 1 amide bonds. The van der Waals surface area contributed by atoms with Gasteiger partial charge in [0.2, 0.25) is 0 Å². The highest BCUT2D eigenvalue weighted by Crippen LogP contribution is 2.37. The van der Waals surface area contributed by atoms with Crippen molar-refractivity contribution in [3.05, 3.63) is 41.7 Å². The third kappa shape index (κ3) is 2.42. The van der Waals surface area contributed by atoms with Gasteiger partial charge >= 0.3 is 0 Å². The lowest BCUT2D eigenvalue weighted by Gasteiger charge is -2.40. The topological polar surface area (TPSA) is 63.9 Å². The lowest BCUT2D eigenvalue weighted by atomic mass is 9.80. The second-order valence-corrected chi connectivity index (χ2v) is 6.59. The molecule has 2 aliphatic rings. The van der Waals surface area contributed by atoms with Gasteiger partial charge in [-0.25, -0.2) is 4.68 Å². The van der Waals surface area contributed by atoms with E-state index in [4.69, 9.17) is 0 Å². The maximum atomic E-state index is 13.4. The smallest absolute Gasteiger partial charge is 0.251 e. The molecule has 120 valence electrons. The number of tetrazole rings is 1. The van der Waals surface area contributed by atoms with Crippen LogP contribution in [-0.4, -0.2) is 37.6 Å². The first-order valence-corrected chi connectivity index (χ1v) is 8.39. The van der Waals surface area contributed by atoms with Crippen molar-refractivity contribution < 1.29 is 4.79 Å². The summed E-state index contributed by atoms with van der Waals surface area (Å²) in [7, 11) is 0. The first kappa shape index (κ1) is 14.4. The summed E-state index contributed by atoms with van der Waals surface area (Å²) < 4.78 is 1.70. The van der Waals surface area contributed by atoms with Gasteiger partial charge in [-0.1, -0.05) is 43.5 Å². The molecule has 1 saturated carbocycles. The van der Waals surface area contributed by atoms with E-state index in [2.05, 4.69) is 33.7 Å². The monoisotopic (exact) mass is 311 g/mol. The first-order chi connectivity index (χ1) is 11.3. The van der Waals surface area contributed by atoms with Crippen molar-refractivity contribution in [1.82, 2.24) is 25.1 Å². The highest BCUT2D eigenvalue weighted by Gasteiger charge is 2.45. The van der Waals surface area contributed by atoms with Crippen molar-refractivity contribution >= 4 is 5.91 Å². The number of carbonyl (C=O) groups excluding carboxylic acids is 1. The Bertz CT molecular complexity index is 691.